The summed E-state index contributed by atoms with van der Waals surface area (Å²) in [7, 11) is 0. The average molecular weight is 282 g/mol. The van der Waals surface area contributed by atoms with Crippen LogP contribution in [0.4, 0.5) is 17.1 Å². The highest BCUT2D eigenvalue weighted by molar-refractivity contribution is 5.70. The van der Waals surface area contributed by atoms with Gasteiger partial charge in [-0.2, -0.15) is 0 Å². The first kappa shape index (κ1) is 15.2. The molecule has 0 fully saturated rings. The molecule has 110 valence electrons. The summed E-state index contributed by atoms with van der Waals surface area (Å²) in [5, 5.41) is 3.06. The molecule has 2 aromatic rings. The van der Waals surface area contributed by atoms with E-state index in [1.54, 1.807) is 6.07 Å². The van der Waals surface area contributed by atoms with E-state index in [9.17, 15) is 4.91 Å². The number of hydrogen-bond acceptors (Lipinski definition) is 3. The van der Waals surface area contributed by atoms with Crippen molar-refractivity contribution in [1.82, 2.24) is 0 Å². The molecule has 0 heterocycles. The topological polar surface area (TPSA) is 32.7 Å². The van der Waals surface area contributed by atoms with Crippen molar-refractivity contribution in [3.8, 4) is 0 Å². The van der Waals surface area contributed by atoms with Crippen LogP contribution in [0.1, 0.15) is 39.2 Å². The minimum atomic E-state index is 0.319. The smallest absolute Gasteiger partial charge is 0.108 e. The van der Waals surface area contributed by atoms with Crippen LogP contribution in [0.3, 0.4) is 0 Å². The Morgan fingerprint density at radius 1 is 0.952 bits per heavy atom. The summed E-state index contributed by atoms with van der Waals surface area (Å²) >= 11 is 0. The van der Waals surface area contributed by atoms with Crippen molar-refractivity contribution in [2.45, 2.75) is 39.7 Å². The van der Waals surface area contributed by atoms with Crippen LogP contribution in [-0.4, -0.2) is 6.04 Å². The number of nitroso groups, excluding NO2 is 1. The zero-order valence-electron chi connectivity index (χ0n) is 13.1. The highest BCUT2D eigenvalue weighted by atomic mass is 16.3. The van der Waals surface area contributed by atoms with E-state index in [0.29, 0.717) is 17.6 Å². The van der Waals surface area contributed by atoms with Crippen LogP contribution in [-0.2, 0) is 0 Å². The van der Waals surface area contributed by atoms with Gasteiger partial charge in [0.1, 0.15) is 5.69 Å². The number of rotatable bonds is 5. The number of benzene rings is 2. The summed E-state index contributed by atoms with van der Waals surface area (Å²) in [6.07, 6.45) is 0. The molecule has 0 unspecified atom stereocenters. The van der Waals surface area contributed by atoms with Gasteiger partial charge in [0, 0.05) is 17.4 Å². The lowest BCUT2D eigenvalue weighted by atomic mass is 9.98. The third-order valence-corrected chi connectivity index (χ3v) is 3.55. The molecule has 0 N–H and O–H groups in total. The van der Waals surface area contributed by atoms with Crippen molar-refractivity contribution in [1.29, 1.82) is 0 Å². The van der Waals surface area contributed by atoms with Crippen LogP contribution >= 0.6 is 0 Å². The van der Waals surface area contributed by atoms with Crippen molar-refractivity contribution in [3.63, 3.8) is 0 Å². The second kappa shape index (κ2) is 6.53. The predicted molar refractivity (Wildman–Crippen MR) is 89.7 cm³/mol. The lowest BCUT2D eigenvalue weighted by Gasteiger charge is -2.32. The maximum absolute atomic E-state index is 10.8. The van der Waals surface area contributed by atoms with Crippen LogP contribution < -0.4 is 4.90 Å². The second-order valence-electron chi connectivity index (χ2n) is 5.79. The fraction of sp³-hybridized carbons (Fsp3) is 0.333. The van der Waals surface area contributed by atoms with E-state index in [1.807, 2.05) is 30.3 Å². The Hall–Kier alpha value is -2.16. The van der Waals surface area contributed by atoms with Gasteiger partial charge >= 0.3 is 0 Å². The van der Waals surface area contributed by atoms with Gasteiger partial charge in [-0.15, -0.1) is 4.91 Å². The van der Waals surface area contributed by atoms with Crippen LogP contribution in [0.25, 0.3) is 0 Å². The molecule has 2 aromatic carbocycles. The normalized spacial score (nSPS) is 11.0. The highest BCUT2D eigenvalue weighted by Crippen LogP contribution is 2.36. The molecule has 0 atom stereocenters. The van der Waals surface area contributed by atoms with Crippen LogP contribution in [0.2, 0.25) is 0 Å². The van der Waals surface area contributed by atoms with E-state index >= 15 is 0 Å². The van der Waals surface area contributed by atoms with Crippen LogP contribution in [0.15, 0.2) is 53.7 Å². The highest BCUT2D eigenvalue weighted by Gasteiger charge is 2.18. The van der Waals surface area contributed by atoms with Crippen molar-refractivity contribution in [2.75, 3.05) is 4.90 Å². The molecule has 0 saturated carbocycles. The number of nitrogens with zero attached hydrogens (tertiary/aromatic N) is 2. The quantitative estimate of drug-likeness (QED) is 0.654. The standard InChI is InChI=1S/C18H22N2O/c1-13(2)17-12-15(19-21)10-11-18(17)20(14(3)4)16-8-6-5-7-9-16/h5-14H,1-4H3. The van der Waals surface area contributed by atoms with Crippen LogP contribution in [0.5, 0.6) is 0 Å². The first-order valence-electron chi connectivity index (χ1n) is 7.36. The van der Waals surface area contributed by atoms with Gasteiger partial charge in [-0.3, -0.25) is 0 Å². The third-order valence-electron chi connectivity index (χ3n) is 3.55. The van der Waals surface area contributed by atoms with Crippen molar-refractivity contribution in [3.05, 3.63) is 59.0 Å². The maximum Gasteiger partial charge on any atom is 0.108 e. The largest absolute Gasteiger partial charge is 0.339 e. The second-order valence-corrected chi connectivity index (χ2v) is 5.79. The van der Waals surface area contributed by atoms with Gasteiger partial charge < -0.3 is 4.90 Å². The van der Waals surface area contributed by atoms with E-state index in [2.05, 4.69) is 49.9 Å². The molecule has 2 rings (SSSR count). The molecule has 0 saturated heterocycles. The molecule has 0 aromatic heterocycles. The number of hydrogen-bond donors (Lipinski definition) is 0. The summed E-state index contributed by atoms with van der Waals surface area (Å²) < 4.78 is 0. The molecule has 0 bridgehead atoms. The lowest BCUT2D eigenvalue weighted by molar-refractivity contribution is 0.771. The molecule has 0 aliphatic rings. The van der Waals surface area contributed by atoms with E-state index in [0.717, 1.165) is 16.9 Å². The first-order chi connectivity index (χ1) is 10.0. The molecule has 0 amide bonds. The maximum atomic E-state index is 10.8. The molecule has 21 heavy (non-hydrogen) atoms. The van der Waals surface area contributed by atoms with Gasteiger partial charge in [0.25, 0.3) is 0 Å². The van der Waals surface area contributed by atoms with Crippen molar-refractivity contribution < 1.29 is 0 Å². The Morgan fingerprint density at radius 3 is 2.14 bits per heavy atom. The molecule has 0 spiro atoms. The minimum Gasteiger partial charge on any atom is -0.339 e. The lowest BCUT2D eigenvalue weighted by Crippen LogP contribution is -2.26. The van der Waals surface area contributed by atoms with Gasteiger partial charge in [0.2, 0.25) is 0 Å². The van der Waals surface area contributed by atoms with Crippen molar-refractivity contribution in [2.24, 2.45) is 5.18 Å². The minimum absolute atomic E-state index is 0.319. The molecular weight excluding hydrogens is 260 g/mol. The van der Waals surface area contributed by atoms with E-state index in [1.165, 1.54) is 0 Å². The predicted octanol–water partition coefficient (Wildman–Crippen LogP) is 5.75. The van der Waals surface area contributed by atoms with Gasteiger partial charge in [-0.05, 0) is 60.8 Å². The summed E-state index contributed by atoms with van der Waals surface area (Å²) in [5.41, 5.74) is 3.92. The van der Waals surface area contributed by atoms with Crippen molar-refractivity contribution >= 4 is 17.1 Å². The van der Waals surface area contributed by atoms with Crippen LogP contribution in [0, 0.1) is 4.91 Å². The summed E-state index contributed by atoms with van der Waals surface area (Å²) in [6.45, 7) is 8.61. The fourth-order valence-corrected chi connectivity index (χ4v) is 2.58. The Morgan fingerprint density at radius 2 is 1.62 bits per heavy atom. The molecule has 0 aliphatic heterocycles. The molecule has 0 aliphatic carbocycles. The van der Waals surface area contributed by atoms with Gasteiger partial charge in [0.05, 0.1) is 0 Å². The average Bonchev–Trinajstić information content (AvgIpc) is 2.48. The Balaban J connectivity index is 2.58. The summed E-state index contributed by atoms with van der Waals surface area (Å²) in [6, 6.07) is 16.3. The zero-order chi connectivity index (χ0) is 15.4. The Bertz CT molecular complexity index is 606. The molecule has 3 heteroatoms. The number of para-hydroxylation sites is 1. The molecule has 0 radical (unpaired) electrons. The van der Waals surface area contributed by atoms with E-state index < -0.39 is 0 Å². The third kappa shape index (κ3) is 3.30. The Labute approximate surface area is 126 Å². The molecular formula is C18H22N2O. The fourth-order valence-electron chi connectivity index (χ4n) is 2.58. The Kier molecular flexibility index (Phi) is 4.73. The van der Waals surface area contributed by atoms with Gasteiger partial charge in [0.15, 0.2) is 0 Å². The molecule has 3 nitrogen and oxygen atoms in total. The van der Waals surface area contributed by atoms with E-state index in [4.69, 9.17) is 0 Å². The number of anilines is 2. The summed E-state index contributed by atoms with van der Waals surface area (Å²) in [4.78, 5) is 13.1. The first-order valence-corrected chi connectivity index (χ1v) is 7.36. The monoisotopic (exact) mass is 282 g/mol. The summed E-state index contributed by atoms with van der Waals surface area (Å²) in [5.74, 6) is 0.326. The van der Waals surface area contributed by atoms with E-state index in [-0.39, 0.29) is 0 Å². The SMILES string of the molecule is CC(C)c1cc(N=O)ccc1N(c1ccccc1)C(C)C. The van der Waals surface area contributed by atoms with Gasteiger partial charge in [-0.1, -0.05) is 32.0 Å². The zero-order valence-corrected chi connectivity index (χ0v) is 13.1. The van der Waals surface area contributed by atoms with Gasteiger partial charge in [-0.25, -0.2) is 0 Å².